The van der Waals surface area contributed by atoms with E-state index in [0.717, 1.165) is 5.56 Å². The van der Waals surface area contributed by atoms with Gasteiger partial charge >= 0.3 is 5.97 Å². The third-order valence-electron chi connectivity index (χ3n) is 3.92. The Labute approximate surface area is 153 Å². The van der Waals surface area contributed by atoms with Gasteiger partial charge in [-0.2, -0.15) is 0 Å². The van der Waals surface area contributed by atoms with E-state index in [0.29, 0.717) is 18.5 Å². The number of nitrogens with one attached hydrogen (secondary N) is 1. The van der Waals surface area contributed by atoms with E-state index in [-0.39, 0.29) is 16.2 Å². The van der Waals surface area contributed by atoms with Crippen LogP contribution in [0.4, 0.5) is 0 Å². The molecule has 0 aliphatic carbocycles. The zero-order valence-electron chi connectivity index (χ0n) is 14.7. The lowest BCUT2D eigenvalue weighted by Crippen LogP contribution is -2.27. The highest BCUT2D eigenvalue weighted by molar-refractivity contribution is 7.91. The summed E-state index contributed by atoms with van der Waals surface area (Å²) < 4.78 is 28.9. The van der Waals surface area contributed by atoms with Crippen LogP contribution in [0, 0.1) is 0 Å². The van der Waals surface area contributed by atoms with Crippen LogP contribution in [0.2, 0.25) is 0 Å². The van der Waals surface area contributed by atoms with E-state index in [9.17, 15) is 18.0 Å². The molecule has 0 atom stereocenters. The van der Waals surface area contributed by atoms with Crippen LogP contribution in [0.5, 0.6) is 0 Å². The van der Waals surface area contributed by atoms with Crippen molar-refractivity contribution < 1.29 is 22.7 Å². The highest BCUT2D eigenvalue weighted by Gasteiger charge is 2.20. The average molecular weight is 375 g/mol. The molecular formula is C19H21NO5S. The molecule has 2 rings (SSSR count). The molecule has 0 aliphatic heterocycles. The molecule has 1 amide bonds. The van der Waals surface area contributed by atoms with Crippen LogP contribution >= 0.6 is 0 Å². The lowest BCUT2D eigenvalue weighted by molar-refractivity contribution is 0.0600. The van der Waals surface area contributed by atoms with Gasteiger partial charge in [-0.15, -0.1) is 0 Å². The molecule has 0 saturated carbocycles. The van der Waals surface area contributed by atoms with E-state index in [2.05, 4.69) is 10.1 Å². The van der Waals surface area contributed by atoms with Gasteiger partial charge in [0.1, 0.15) is 0 Å². The molecule has 6 nitrogen and oxygen atoms in total. The Kier molecular flexibility index (Phi) is 6.52. The minimum Gasteiger partial charge on any atom is -0.465 e. The second kappa shape index (κ2) is 8.62. The summed E-state index contributed by atoms with van der Waals surface area (Å²) in [6, 6.07) is 13.1. The van der Waals surface area contributed by atoms with Gasteiger partial charge in [-0.25, -0.2) is 13.2 Å². The van der Waals surface area contributed by atoms with Crippen LogP contribution in [0.3, 0.4) is 0 Å². The van der Waals surface area contributed by atoms with Crippen LogP contribution in [0.15, 0.2) is 53.4 Å². The maximum Gasteiger partial charge on any atom is 0.337 e. The quantitative estimate of drug-likeness (QED) is 0.750. The van der Waals surface area contributed by atoms with E-state index < -0.39 is 21.7 Å². The Bertz CT molecular complexity index is 888. The van der Waals surface area contributed by atoms with E-state index in [1.165, 1.54) is 19.2 Å². The SMILES string of the molecule is CCS(=O)(=O)c1ccccc1C(=O)NCCc1ccc(C(=O)OC)cc1. The zero-order valence-corrected chi connectivity index (χ0v) is 15.5. The first-order valence-electron chi connectivity index (χ1n) is 8.16. The number of amides is 1. The fraction of sp³-hybridized carbons (Fsp3) is 0.263. The summed E-state index contributed by atoms with van der Waals surface area (Å²) in [4.78, 5) is 23.8. The molecule has 0 spiro atoms. The summed E-state index contributed by atoms with van der Waals surface area (Å²) in [7, 11) is -2.15. The standard InChI is InChI=1S/C19H21NO5S/c1-3-26(23,24)17-7-5-4-6-16(17)18(21)20-13-12-14-8-10-15(11-9-14)19(22)25-2/h4-11H,3,12-13H2,1-2H3,(H,20,21). The first-order chi connectivity index (χ1) is 12.4. The molecule has 7 heteroatoms. The van der Waals surface area contributed by atoms with Crippen LogP contribution in [-0.4, -0.2) is 39.7 Å². The number of esters is 1. The van der Waals surface area contributed by atoms with Crippen LogP contribution in [0.1, 0.15) is 33.2 Å². The molecule has 0 heterocycles. The van der Waals surface area contributed by atoms with Gasteiger partial charge in [0.05, 0.1) is 28.9 Å². The molecule has 0 aromatic heterocycles. The van der Waals surface area contributed by atoms with Crippen molar-refractivity contribution in [3.8, 4) is 0 Å². The van der Waals surface area contributed by atoms with Gasteiger partial charge < -0.3 is 10.1 Å². The van der Waals surface area contributed by atoms with Crippen molar-refractivity contribution >= 4 is 21.7 Å². The molecule has 0 aliphatic rings. The minimum atomic E-state index is -3.47. The Hall–Kier alpha value is -2.67. The van der Waals surface area contributed by atoms with E-state index in [4.69, 9.17) is 0 Å². The Morgan fingerprint density at radius 1 is 1.04 bits per heavy atom. The van der Waals surface area contributed by atoms with Crippen molar-refractivity contribution in [1.29, 1.82) is 0 Å². The smallest absolute Gasteiger partial charge is 0.337 e. The predicted molar refractivity (Wildman–Crippen MR) is 98.0 cm³/mol. The van der Waals surface area contributed by atoms with Gasteiger partial charge in [0.15, 0.2) is 9.84 Å². The van der Waals surface area contributed by atoms with Crippen LogP contribution in [0.25, 0.3) is 0 Å². The number of methoxy groups -OCH3 is 1. The third-order valence-corrected chi connectivity index (χ3v) is 5.71. The van der Waals surface area contributed by atoms with Crippen molar-refractivity contribution in [2.24, 2.45) is 0 Å². The molecule has 26 heavy (non-hydrogen) atoms. The molecule has 138 valence electrons. The maximum atomic E-state index is 12.4. The molecule has 0 bridgehead atoms. The lowest BCUT2D eigenvalue weighted by atomic mass is 10.1. The molecule has 0 fully saturated rings. The summed E-state index contributed by atoms with van der Waals surface area (Å²) >= 11 is 0. The Morgan fingerprint density at radius 3 is 2.31 bits per heavy atom. The maximum absolute atomic E-state index is 12.4. The summed E-state index contributed by atoms with van der Waals surface area (Å²) in [5.41, 5.74) is 1.54. The van der Waals surface area contributed by atoms with Crippen molar-refractivity contribution in [1.82, 2.24) is 5.32 Å². The molecular weight excluding hydrogens is 354 g/mol. The van der Waals surface area contributed by atoms with Gasteiger partial charge in [-0.05, 0) is 36.2 Å². The number of rotatable bonds is 7. The number of hydrogen-bond donors (Lipinski definition) is 1. The van der Waals surface area contributed by atoms with Gasteiger partial charge in [-0.1, -0.05) is 31.2 Å². The topological polar surface area (TPSA) is 89.5 Å². The highest BCUT2D eigenvalue weighted by atomic mass is 32.2. The third kappa shape index (κ3) is 4.70. The normalized spacial score (nSPS) is 11.0. The number of ether oxygens (including phenoxy) is 1. The van der Waals surface area contributed by atoms with Crippen LogP contribution < -0.4 is 5.32 Å². The highest BCUT2D eigenvalue weighted by Crippen LogP contribution is 2.17. The second-order valence-electron chi connectivity index (χ2n) is 5.59. The molecule has 0 unspecified atom stereocenters. The number of sulfone groups is 1. The van der Waals surface area contributed by atoms with Gasteiger partial charge in [0, 0.05) is 6.54 Å². The van der Waals surface area contributed by atoms with Gasteiger partial charge in [-0.3, -0.25) is 4.79 Å². The Morgan fingerprint density at radius 2 is 1.69 bits per heavy atom. The molecule has 0 radical (unpaired) electrons. The Balaban J connectivity index is 2.01. The summed E-state index contributed by atoms with van der Waals surface area (Å²) in [5.74, 6) is -0.897. The fourth-order valence-electron chi connectivity index (χ4n) is 2.42. The molecule has 0 saturated heterocycles. The summed E-state index contributed by atoms with van der Waals surface area (Å²) in [6.45, 7) is 1.89. The average Bonchev–Trinajstić information content (AvgIpc) is 2.67. The van der Waals surface area contributed by atoms with Gasteiger partial charge in [0.25, 0.3) is 5.91 Å². The second-order valence-corrected chi connectivity index (χ2v) is 7.84. The molecule has 1 N–H and O–H groups in total. The zero-order chi connectivity index (χ0) is 19.2. The largest absolute Gasteiger partial charge is 0.465 e. The molecule has 2 aromatic carbocycles. The van der Waals surface area contributed by atoms with Crippen molar-refractivity contribution in [3.63, 3.8) is 0 Å². The lowest BCUT2D eigenvalue weighted by Gasteiger charge is -2.10. The number of benzene rings is 2. The minimum absolute atomic E-state index is 0.0439. The van der Waals surface area contributed by atoms with Crippen molar-refractivity contribution in [3.05, 3.63) is 65.2 Å². The molecule has 2 aromatic rings. The van der Waals surface area contributed by atoms with Crippen molar-refractivity contribution in [2.75, 3.05) is 19.4 Å². The van der Waals surface area contributed by atoms with Gasteiger partial charge in [0.2, 0.25) is 0 Å². The predicted octanol–water partition coefficient (Wildman–Crippen LogP) is 2.24. The summed E-state index contributed by atoms with van der Waals surface area (Å²) in [6.07, 6.45) is 0.551. The number of carbonyl (C=O) groups excluding carboxylic acids is 2. The summed E-state index contributed by atoms with van der Waals surface area (Å²) in [5, 5.41) is 2.74. The first kappa shape index (κ1) is 19.7. The first-order valence-corrected chi connectivity index (χ1v) is 9.81. The van der Waals surface area contributed by atoms with Crippen molar-refractivity contribution in [2.45, 2.75) is 18.2 Å². The van der Waals surface area contributed by atoms with E-state index in [1.54, 1.807) is 43.3 Å². The van der Waals surface area contributed by atoms with Crippen LogP contribution in [-0.2, 0) is 21.0 Å². The van der Waals surface area contributed by atoms with E-state index >= 15 is 0 Å². The monoisotopic (exact) mass is 375 g/mol. The number of carbonyl (C=O) groups is 2. The number of hydrogen-bond acceptors (Lipinski definition) is 5. The fourth-order valence-corrected chi connectivity index (χ4v) is 3.51. The van der Waals surface area contributed by atoms with E-state index in [1.807, 2.05) is 0 Å².